The van der Waals surface area contributed by atoms with Gasteiger partial charge in [-0.3, -0.25) is 0 Å². The van der Waals surface area contributed by atoms with Crippen LogP contribution in [0.3, 0.4) is 0 Å². The Labute approximate surface area is 186 Å². The van der Waals surface area contributed by atoms with E-state index in [0.717, 1.165) is 33.5 Å². The van der Waals surface area contributed by atoms with Crippen molar-refractivity contribution in [2.45, 2.75) is 27.4 Å². The minimum atomic E-state index is -0.312. The van der Waals surface area contributed by atoms with Crippen LogP contribution in [0.5, 0.6) is 11.6 Å². The highest BCUT2D eigenvalue weighted by Crippen LogP contribution is 2.34. The third-order valence-corrected chi connectivity index (χ3v) is 5.41. The van der Waals surface area contributed by atoms with E-state index in [1.165, 1.54) is 9.36 Å². The summed E-state index contributed by atoms with van der Waals surface area (Å²) in [6.07, 6.45) is 0. The molecule has 2 aromatic carbocycles. The summed E-state index contributed by atoms with van der Waals surface area (Å²) in [7, 11) is 3.19. The number of ether oxygens (including phenoxy) is 2. The molecule has 4 rings (SSSR count). The van der Waals surface area contributed by atoms with Crippen LogP contribution in [0.1, 0.15) is 22.4 Å². The van der Waals surface area contributed by atoms with Crippen LogP contribution in [0.4, 0.5) is 0 Å². The van der Waals surface area contributed by atoms with Crippen LogP contribution in [0.15, 0.2) is 53.3 Å². The monoisotopic (exact) mass is 431 g/mol. The normalized spacial score (nSPS) is 10.9. The smallest absolute Gasteiger partial charge is 0.368 e. The van der Waals surface area contributed by atoms with Gasteiger partial charge in [0.2, 0.25) is 5.88 Å². The van der Waals surface area contributed by atoms with Gasteiger partial charge in [-0.15, -0.1) is 0 Å². The van der Waals surface area contributed by atoms with Crippen molar-refractivity contribution in [3.63, 3.8) is 0 Å². The molecule has 164 valence electrons. The molecule has 0 N–H and O–H groups in total. The molecule has 0 radical (unpaired) electrons. The van der Waals surface area contributed by atoms with E-state index < -0.39 is 0 Å². The first-order chi connectivity index (χ1) is 15.4. The summed E-state index contributed by atoms with van der Waals surface area (Å²) in [6.45, 7) is 6.23. The maximum atomic E-state index is 12.4. The summed E-state index contributed by atoms with van der Waals surface area (Å²) in [6, 6.07) is 15.6. The van der Waals surface area contributed by atoms with E-state index in [0.29, 0.717) is 17.3 Å². The lowest BCUT2D eigenvalue weighted by Gasteiger charge is -2.15. The predicted octanol–water partition coefficient (Wildman–Crippen LogP) is 3.54. The van der Waals surface area contributed by atoms with Crippen LogP contribution in [0.25, 0.3) is 16.8 Å². The Hall–Kier alpha value is -3.94. The van der Waals surface area contributed by atoms with Crippen molar-refractivity contribution >= 4 is 0 Å². The first kappa shape index (κ1) is 21.3. The van der Waals surface area contributed by atoms with Gasteiger partial charge in [0.25, 0.3) is 0 Å². The molecule has 2 heterocycles. The Balaban J connectivity index is 1.67. The second-order valence-electron chi connectivity index (χ2n) is 7.64. The number of benzene rings is 2. The standard InChI is InChI=1S/C24H25N5O3/c1-15-7-6-8-22(29-24(30)28(4)26-27-29)21(15)14-32-18-11-9-16(2)20(13-18)19-12-10-17(3)25-23(19)31-5/h6-13H,14H2,1-5H3. The molecule has 2 aromatic heterocycles. The Morgan fingerprint density at radius 3 is 2.47 bits per heavy atom. The molecule has 0 aliphatic rings. The highest BCUT2D eigenvalue weighted by molar-refractivity contribution is 5.73. The van der Waals surface area contributed by atoms with Gasteiger partial charge in [-0.25, -0.2) is 9.78 Å². The summed E-state index contributed by atoms with van der Waals surface area (Å²) < 4.78 is 14.1. The summed E-state index contributed by atoms with van der Waals surface area (Å²) in [5, 5.41) is 7.79. The van der Waals surface area contributed by atoms with Crippen molar-refractivity contribution < 1.29 is 9.47 Å². The van der Waals surface area contributed by atoms with E-state index in [1.807, 2.05) is 69.3 Å². The minimum absolute atomic E-state index is 0.275. The summed E-state index contributed by atoms with van der Waals surface area (Å²) in [4.78, 5) is 16.9. The van der Waals surface area contributed by atoms with Gasteiger partial charge in [-0.1, -0.05) is 18.2 Å². The van der Waals surface area contributed by atoms with Gasteiger partial charge in [0.05, 0.1) is 12.8 Å². The lowest BCUT2D eigenvalue weighted by atomic mass is 10.0. The lowest BCUT2D eigenvalue weighted by molar-refractivity contribution is 0.305. The Kier molecular flexibility index (Phi) is 5.77. The SMILES string of the molecule is COc1nc(C)ccc1-c1cc(OCc2c(C)cccc2-n2nnn(C)c2=O)ccc1C. The summed E-state index contributed by atoms with van der Waals surface area (Å²) in [5.41, 5.74) is 6.08. The summed E-state index contributed by atoms with van der Waals surface area (Å²) >= 11 is 0. The van der Waals surface area contributed by atoms with Gasteiger partial charge in [-0.2, -0.15) is 9.36 Å². The molecular formula is C24H25N5O3. The number of aryl methyl sites for hydroxylation is 4. The Morgan fingerprint density at radius 2 is 1.75 bits per heavy atom. The fourth-order valence-corrected chi connectivity index (χ4v) is 3.57. The minimum Gasteiger partial charge on any atom is -0.489 e. The van der Waals surface area contributed by atoms with Crippen LogP contribution in [0.2, 0.25) is 0 Å². The molecule has 0 saturated carbocycles. The van der Waals surface area contributed by atoms with Gasteiger partial charge >= 0.3 is 5.69 Å². The first-order valence-electron chi connectivity index (χ1n) is 10.2. The molecule has 0 amide bonds. The molecule has 8 heteroatoms. The Bertz CT molecular complexity index is 1340. The maximum absolute atomic E-state index is 12.4. The average Bonchev–Trinajstić information content (AvgIpc) is 3.12. The van der Waals surface area contributed by atoms with Gasteiger partial charge in [0.15, 0.2) is 0 Å². The van der Waals surface area contributed by atoms with E-state index in [4.69, 9.17) is 9.47 Å². The maximum Gasteiger partial charge on any atom is 0.368 e. The second kappa shape index (κ2) is 8.66. The van der Waals surface area contributed by atoms with E-state index in [9.17, 15) is 4.79 Å². The van der Waals surface area contributed by atoms with Crippen molar-refractivity contribution in [1.82, 2.24) is 24.8 Å². The molecular weight excluding hydrogens is 406 g/mol. The largest absolute Gasteiger partial charge is 0.489 e. The molecule has 0 saturated heterocycles. The number of methoxy groups -OCH3 is 1. The quantitative estimate of drug-likeness (QED) is 0.464. The third-order valence-electron chi connectivity index (χ3n) is 5.41. The number of hydrogen-bond donors (Lipinski definition) is 0. The van der Waals surface area contributed by atoms with Gasteiger partial charge in [0, 0.05) is 23.9 Å². The van der Waals surface area contributed by atoms with Crippen LogP contribution in [-0.2, 0) is 13.7 Å². The van der Waals surface area contributed by atoms with Crippen molar-refractivity contribution in [2.24, 2.45) is 7.05 Å². The molecule has 0 fully saturated rings. The summed E-state index contributed by atoms with van der Waals surface area (Å²) in [5.74, 6) is 1.28. The van der Waals surface area contributed by atoms with E-state index in [2.05, 4.69) is 15.4 Å². The topological polar surface area (TPSA) is 84.1 Å². The second-order valence-corrected chi connectivity index (χ2v) is 7.64. The number of rotatable bonds is 6. The highest BCUT2D eigenvalue weighted by Gasteiger charge is 2.15. The molecule has 0 bridgehead atoms. The predicted molar refractivity (Wildman–Crippen MR) is 121 cm³/mol. The van der Waals surface area contributed by atoms with Crippen molar-refractivity contribution in [3.8, 4) is 28.4 Å². The zero-order valence-corrected chi connectivity index (χ0v) is 18.8. The molecule has 0 spiro atoms. The first-order valence-corrected chi connectivity index (χ1v) is 10.2. The number of aromatic nitrogens is 5. The van der Waals surface area contributed by atoms with E-state index in [1.54, 1.807) is 14.2 Å². The van der Waals surface area contributed by atoms with Crippen LogP contribution >= 0.6 is 0 Å². The van der Waals surface area contributed by atoms with Crippen LogP contribution in [-0.4, -0.2) is 31.9 Å². The lowest BCUT2D eigenvalue weighted by Crippen LogP contribution is -2.23. The molecule has 0 aliphatic heterocycles. The molecule has 8 nitrogen and oxygen atoms in total. The fraction of sp³-hybridized carbons (Fsp3) is 0.250. The van der Waals surface area contributed by atoms with Crippen LogP contribution < -0.4 is 15.2 Å². The number of tetrazole rings is 1. The molecule has 32 heavy (non-hydrogen) atoms. The van der Waals surface area contributed by atoms with Gasteiger partial charge < -0.3 is 9.47 Å². The van der Waals surface area contributed by atoms with Crippen LogP contribution in [0, 0.1) is 20.8 Å². The van der Waals surface area contributed by atoms with Crippen molar-refractivity contribution in [2.75, 3.05) is 7.11 Å². The third kappa shape index (κ3) is 3.99. The average molecular weight is 431 g/mol. The number of pyridine rings is 1. The fourth-order valence-electron chi connectivity index (χ4n) is 3.57. The van der Waals surface area contributed by atoms with Crippen molar-refractivity contribution in [1.29, 1.82) is 0 Å². The van der Waals surface area contributed by atoms with Crippen molar-refractivity contribution in [3.05, 3.63) is 81.4 Å². The molecule has 0 unspecified atom stereocenters. The highest BCUT2D eigenvalue weighted by atomic mass is 16.5. The zero-order valence-electron chi connectivity index (χ0n) is 18.8. The van der Waals surface area contributed by atoms with E-state index >= 15 is 0 Å². The zero-order chi connectivity index (χ0) is 22.8. The van der Waals surface area contributed by atoms with Gasteiger partial charge in [0.1, 0.15) is 12.4 Å². The number of hydrogen-bond acceptors (Lipinski definition) is 6. The molecule has 0 atom stereocenters. The molecule has 0 aliphatic carbocycles. The molecule has 4 aromatic rings. The Morgan fingerprint density at radius 1 is 0.938 bits per heavy atom. The number of nitrogens with zero attached hydrogens (tertiary/aromatic N) is 5. The van der Waals surface area contributed by atoms with E-state index in [-0.39, 0.29) is 12.3 Å². The van der Waals surface area contributed by atoms with Gasteiger partial charge in [-0.05, 0) is 78.2 Å².